The van der Waals surface area contributed by atoms with E-state index in [1.54, 1.807) is 23.9 Å². The first-order valence-electron chi connectivity index (χ1n) is 5.43. The summed E-state index contributed by atoms with van der Waals surface area (Å²) in [5.74, 6) is 0.315. The molecule has 0 fully saturated rings. The fourth-order valence-corrected chi connectivity index (χ4v) is 2.05. The number of rotatable bonds is 6. The van der Waals surface area contributed by atoms with E-state index in [9.17, 15) is 14.9 Å². The summed E-state index contributed by atoms with van der Waals surface area (Å²) >= 11 is 1.57. The molecule has 0 aliphatic carbocycles. The number of carbonyl (C=O) groups is 1. The Hall–Kier alpha value is -1.36. The lowest BCUT2D eigenvalue weighted by atomic mass is 10.1. The summed E-state index contributed by atoms with van der Waals surface area (Å²) in [6.45, 7) is 4.13. The maximum absolute atomic E-state index is 11.8. The first kappa shape index (κ1) is 13.7. The van der Waals surface area contributed by atoms with Crippen LogP contribution in [0.2, 0.25) is 0 Å². The van der Waals surface area contributed by atoms with E-state index < -0.39 is 4.92 Å². The van der Waals surface area contributed by atoms with E-state index in [4.69, 9.17) is 0 Å². The molecule has 0 bridgehead atoms. The molecule has 0 heterocycles. The van der Waals surface area contributed by atoms with Gasteiger partial charge in [0.25, 0.3) is 5.69 Å². The van der Waals surface area contributed by atoms with Crippen LogP contribution >= 0.6 is 11.8 Å². The predicted octanol–water partition coefficient (Wildman–Crippen LogP) is 3.31. The van der Waals surface area contributed by atoms with Crippen molar-refractivity contribution in [1.29, 1.82) is 0 Å². The minimum Gasteiger partial charge on any atom is -0.293 e. The summed E-state index contributed by atoms with van der Waals surface area (Å²) < 4.78 is 0. The van der Waals surface area contributed by atoms with Gasteiger partial charge in [0.05, 0.1) is 10.7 Å². The second kappa shape index (κ2) is 6.39. The van der Waals surface area contributed by atoms with Gasteiger partial charge in [0.2, 0.25) is 0 Å². The third-order valence-electron chi connectivity index (χ3n) is 2.45. The van der Waals surface area contributed by atoms with E-state index in [1.807, 2.05) is 0 Å². The number of nitrogens with zero attached hydrogens (tertiary/aromatic N) is 1. The lowest BCUT2D eigenvalue weighted by Crippen LogP contribution is -2.06. The third kappa shape index (κ3) is 4.19. The molecule has 0 saturated carbocycles. The van der Waals surface area contributed by atoms with Gasteiger partial charge < -0.3 is 0 Å². The van der Waals surface area contributed by atoms with E-state index in [0.717, 1.165) is 6.42 Å². The SMILES string of the molecule is CCC(C)SCC(=O)c1cccc([N+](=O)[O-])c1. The highest BCUT2D eigenvalue weighted by Crippen LogP contribution is 2.18. The van der Waals surface area contributed by atoms with E-state index in [1.165, 1.54) is 12.1 Å². The van der Waals surface area contributed by atoms with Crippen LogP contribution in [0.25, 0.3) is 0 Å². The van der Waals surface area contributed by atoms with Crippen molar-refractivity contribution in [2.75, 3.05) is 5.75 Å². The Morgan fingerprint density at radius 3 is 2.82 bits per heavy atom. The summed E-state index contributed by atoms with van der Waals surface area (Å²) in [5, 5.41) is 11.0. The number of hydrogen-bond donors (Lipinski definition) is 0. The Kier molecular flexibility index (Phi) is 5.15. The van der Waals surface area contributed by atoms with Crippen molar-refractivity contribution in [2.24, 2.45) is 0 Å². The van der Waals surface area contributed by atoms with Crippen molar-refractivity contribution in [3.05, 3.63) is 39.9 Å². The Morgan fingerprint density at radius 1 is 1.53 bits per heavy atom. The van der Waals surface area contributed by atoms with Gasteiger partial charge in [-0.2, -0.15) is 11.8 Å². The Labute approximate surface area is 105 Å². The fourth-order valence-electron chi connectivity index (χ4n) is 1.21. The highest BCUT2D eigenvalue weighted by atomic mass is 32.2. The highest BCUT2D eigenvalue weighted by molar-refractivity contribution is 8.00. The van der Waals surface area contributed by atoms with Gasteiger partial charge >= 0.3 is 0 Å². The second-order valence-electron chi connectivity index (χ2n) is 3.76. The van der Waals surface area contributed by atoms with E-state index in [0.29, 0.717) is 16.6 Å². The molecule has 0 aliphatic heterocycles. The van der Waals surface area contributed by atoms with Gasteiger partial charge in [-0.05, 0) is 6.42 Å². The molecule has 1 aromatic rings. The van der Waals surface area contributed by atoms with Gasteiger partial charge in [0, 0.05) is 22.9 Å². The monoisotopic (exact) mass is 253 g/mol. The van der Waals surface area contributed by atoms with Crippen LogP contribution in [0, 0.1) is 10.1 Å². The molecule has 1 atom stereocenters. The molecule has 0 spiro atoms. The van der Waals surface area contributed by atoms with E-state index >= 15 is 0 Å². The number of nitro groups is 1. The van der Waals surface area contributed by atoms with Crippen molar-refractivity contribution < 1.29 is 9.72 Å². The molecular weight excluding hydrogens is 238 g/mol. The zero-order valence-electron chi connectivity index (χ0n) is 9.88. The average Bonchev–Trinajstić information content (AvgIpc) is 2.35. The zero-order valence-corrected chi connectivity index (χ0v) is 10.7. The van der Waals surface area contributed by atoms with Gasteiger partial charge in [0.1, 0.15) is 0 Å². The van der Waals surface area contributed by atoms with Gasteiger partial charge in [-0.3, -0.25) is 14.9 Å². The Morgan fingerprint density at radius 2 is 2.24 bits per heavy atom. The molecule has 0 saturated heterocycles. The highest BCUT2D eigenvalue weighted by Gasteiger charge is 2.12. The van der Waals surface area contributed by atoms with Crippen LogP contribution in [0.4, 0.5) is 5.69 Å². The minimum atomic E-state index is -0.488. The van der Waals surface area contributed by atoms with Crippen molar-refractivity contribution >= 4 is 23.2 Å². The van der Waals surface area contributed by atoms with E-state index in [-0.39, 0.29) is 11.5 Å². The first-order valence-corrected chi connectivity index (χ1v) is 6.48. The van der Waals surface area contributed by atoms with Gasteiger partial charge in [0.15, 0.2) is 5.78 Å². The molecule has 4 nitrogen and oxygen atoms in total. The number of benzene rings is 1. The van der Waals surface area contributed by atoms with Crippen LogP contribution < -0.4 is 0 Å². The summed E-state index contributed by atoms with van der Waals surface area (Å²) in [4.78, 5) is 21.9. The topological polar surface area (TPSA) is 60.2 Å². The van der Waals surface area contributed by atoms with Crippen molar-refractivity contribution in [3.63, 3.8) is 0 Å². The van der Waals surface area contributed by atoms with Gasteiger partial charge in [-0.15, -0.1) is 0 Å². The molecule has 0 N–H and O–H groups in total. The molecular formula is C12H15NO3S. The first-order chi connectivity index (χ1) is 8.04. The Balaban J connectivity index is 2.69. The normalized spacial score (nSPS) is 12.1. The molecule has 0 aromatic heterocycles. The number of thioether (sulfide) groups is 1. The minimum absolute atomic E-state index is 0.0376. The lowest BCUT2D eigenvalue weighted by molar-refractivity contribution is -0.384. The molecule has 1 aromatic carbocycles. The molecule has 1 rings (SSSR count). The largest absolute Gasteiger partial charge is 0.293 e. The van der Waals surface area contributed by atoms with Crippen molar-refractivity contribution in [3.8, 4) is 0 Å². The maximum atomic E-state index is 11.8. The molecule has 5 heteroatoms. The molecule has 92 valence electrons. The third-order valence-corrected chi connectivity index (χ3v) is 3.78. The molecule has 17 heavy (non-hydrogen) atoms. The maximum Gasteiger partial charge on any atom is 0.270 e. The van der Waals surface area contributed by atoms with Crippen LogP contribution in [-0.2, 0) is 0 Å². The number of hydrogen-bond acceptors (Lipinski definition) is 4. The second-order valence-corrected chi connectivity index (χ2v) is 5.19. The van der Waals surface area contributed by atoms with Crippen LogP contribution in [0.5, 0.6) is 0 Å². The lowest BCUT2D eigenvalue weighted by Gasteiger charge is -2.06. The standard InChI is InChI=1S/C12H15NO3S/c1-3-9(2)17-8-12(14)10-5-4-6-11(7-10)13(15)16/h4-7,9H,3,8H2,1-2H3. The zero-order chi connectivity index (χ0) is 12.8. The summed E-state index contributed by atoms with van der Waals surface area (Å²) in [5.41, 5.74) is 0.374. The van der Waals surface area contributed by atoms with Crippen LogP contribution in [0.1, 0.15) is 30.6 Å². The summed E-state index contributed by atoms with van der Waals surface area (Å²) in [6.07, 6.45) is 1.01. The van der Waals surface area contributed by atoms with Gasteiger partial charge in [-0.25, -0.2) is 0 Å². The quantitative estimate of drug-likeness (QED) is 0.443. The Bertz CT molecular complexity index is 420. The summed E-state index contributed by atoms with van der Waals surface area (Å²) in [6, 6.07) is 5.88. The van der Waals surface area contributed by atoms with Crippen molar-refractivity contribution in [2.45, 2.75) is 25.5 Å². The van der Waals surface area contributed by atoms with E-state index in [2.05, 4.69) is 13.8 Å². The fraction of sp³-hybridized carbons (Fsp3) is 0.417. The van der Waals surface area contributed by atoms with Crippen molar-refractivity contribution in [1.82, 2.24) is 0 Å². The average molecular weight is 253 g/mol. The number of Topliss-reactive ketones (excluding diaryl/α,β-unsaturated/α-hetero) is 1. The number of carbonyl (C=O) groups excluding carboxylic acids is 1. The summed E-state index contributed by atoms with van der Waals surface area (Å²) in [7, 11) is 0. The molecule has 0 aliphatic rings. The smallest absolute Gasteiger partial charge is 0.270 e. The molecule has 1 unspecified atom stereocenters. The number of ketones is 1. The molecule has 0 radical (unpaired) electrons. The van der Waals surface area contributed by atoms with Crippen LogP contribution in [0.3, 0.4) is 0 Å². The number of non-ortho nitro benzene ring substituents is 1. The van der Waals surface area contributed by atoms with Crippen LogP contribution in [-0.4, -0.2) is 21.7 Å². The predicted molar refractivity (Wildman–Crippen MR) is 69.6 cm³/mol. The molecule has 0 amide bonds. The van der Waals surface area contributed by atoms with Crippen LogP contribution in [0.15, 0.2) is 24.3 Å². The number of nitro benzene ring substituents is 1. The van der Waals surface area contributed by atoms with Gasteiger partial charge in [-0.1, -0.05) is 26.0 Å².